The van der Waals surface area contributed by atoms with Crippen LogP contribution in [0.2, 0.25) is 0 Å². The molecular formula is C58H84LiNaO8P2. The van der Waals surface area contributed by atoms with Crippen LogP contribution in [0.1, 0.15) is 233 Å². The Morgan fingerprint density at radius 1 is 0.329 bits per heavy atom. The minimum atomic E-state index is -4.68. The standard InChI is InChI=1S/2C29H43O4P.Li.Na/c2*1-26(2,3)20-14-18-13-19-15-21(27(4,5)6)17-23(29(10,11)12)25(19)33-34(30,31)32-24(18)22(16-20)28(7,8)9;;/h2*14-17H,13H2,1-12H3,(H,30,31);;/q;;2*+1/p-2. The molecule has 0 radical (unpaired) electrons. The molecule has 0 bridgehead atoms. The molecule has 0 unspecified atom stereocenters. The number of phosphoric acid groups is 2. The van der Waals surface area contributed by atoms with Crippen LogP contribution in [0.5, 0.6) is 23.0 Å². The summed E-state index contributed by atoms with van der Waals surface area (Å²) in [4.78, 5) is 26.5. The van der Waals surface area contributed by atoms with E-state index >= 15 is 0 Å². The van der Waals surface area contributed by atoms with Crippen molar-refractivity contribution in [3.05, 3.63) is 115 Å². The summed E-state index contributed by atoms with van der Waals surface area (Å²) in [5, 5.41) is 0. The fourth-order valence-electron chi connectivity index (χ4n) is 8.57. The van der Waals surface area contributed by atoms with Crippen LogP contribution >= 0.6 is 15.6 Å². The maximum absolute atomic E-state index is 13.3. The van der Waals surface area contributed by atoms with E-state index in [4.69, 9.17) is 18.1 Å². The summed E-state index contributed by atoms with van der Waals surface area (Å²) in [5.41, 5.74) is 10.0. The molecule has 2 aliphatic heterocycles. The molecule has 0 aliphatic carbocycles. The molecule has 12 heteroatoms. The normalized spacial score (nSPS) is 16.0. The van der Waals surface area contributed by atoms with E-state index in [2.05, 4.69) is 215 Å². The number of hydrogen-bond acceptors (Lipinski definition) is 8. The molecule has 376 valence electrons. The molecule has 0 amide bonds. The third kappa shape index (κ3) is 14.7. The molecule has 2 aliphatic rings. The molecule has 0 N–H and O–H groups in total. The van der Waals surface area contributed by atoms with E-state index in [0.29, 0.717) is 35.8 Å². The Balaban J connectivity index is 0.000000360. The maximum atomic E-state index is 13.3. The van der Waals surface area contributed by atoms with E-state index in [1.807, 2.05) is 0 Å². The third-order valence-electron chi connectivity index (χ3n) is 12.9. The van der Waals surface area contributed by atoms with Crippen LogP contribution in [-0.4, -0.2) is 0 Å². The molecule has 6 rings (SSSR count). The summed E-state index contributed by atoms with van der Waals surface area (Å²) < 4.78 is 49.5. The van der Waals surface area contributed by atoms with Gasteiger partial charge in [0.2, 0.25) is 0 Å². The van der Waals surface area contributed by atoms with Gasteiger partial charge < -0.3 is 27.9 Å². The zero-order valence-electron chi connectivity index (χ0n) is 48.2. The summed E-state index contributed by atoms with van der Waals surface area (Å²) in [5.74, 6) is 1.62. The third-order valence-corrected chi connectivity index (χ3v) is 14.6. The summed E-state index contributed by atoms with van der Waals surface area (Å²) in [6, 6.07) is 16.8. The van der Waals surface area contributed by atoms with Crippen LogP contribution in [0.15, 0.2) is 48.5 Å². The number of phosphoric ester groups is 2. The molecule has 0 aromatic heterocycles. The summed E-state index contributed by atoms with van der Waals surface area (Å²) in [7, 11) is -9.35. The van der Waals surface area contributed by atoms with Gasteiger partial charge in [0, 0.05) is 35.1 Å². The Labute approximate surface area is 458 Å². The van der Waals surface area contributed by atoms with Gasteiger partial charge in [-0.1, -0.05) is 215 Å². The van der Waals surface area contributed by atoms with Gasteiger partial charge in [-0.3, -0.25) is 0 Å². The summed E-state index contributed by atoms with van der Waals surface area (Å²) >= 11 is 0. The Hall–Kier alpha value is -1.94. The molecule has 0 atom stereocenters. The first-order valence-electron chi connectivity index (χ1n) is 24.3. The second kappa shape index (κ2) is 20.3. The van der Waals surface area contributed by atoms with Gasteiger partial charge in [0.1, 0.15) is 23.0 Å². The van der Waals surface area contributed by atoms with Gasteiger partial charge in [0.15, 0.2) is 0 Å². The van der Waals surface area contributed by atoms with Crippen molar-refractivity contribution in [2.24, 2.45) is 0 Å². The van der Waals surface area contributed by atoms with E-state index in [1.165, 1.54) is 0 Å². The first kappa shape index (κ1) is 62.4. The number of hydrogen-bond donors (Lipinski definition) is 0. The van der Waals surface area contributed by atoms with E-state index < -0.39 is 15.6 Å². The van der Waals surface area contributed by atoms with Crippen molar-refractivity contribution in [1.82, 2.24) is 0 Å². The van der Waals surface area contributed by atoms with Crippen LogP contribution in [0, 0.1) is 0 Å². The fourth-order valence-corrected chi connectivity index (χ4v) is 10.4. The predicted molar refractivity (Wildman–Crippen MR) is 279 cm³/mol. The summed E-state index contributed by atoms with van der Waals surface area (Å²) in [6.45, 7) is 51.1. The zero-order chi connectivity index (χ0) is 52.1. The zero-order valence-corrected chi connectivity index (χ0v) is 52.0. The Kier molecular flexibility index (Phi) is 18.1. The smallest absolute Gasteiger partial charge is 0.736 e. The van der Waals surface area contributed by atoms with Crippen LogP contribution in [0.3, 0.4) is 0 Å². The van der Waals surface area contributed by atoms with Crippen molar-refractivity contribution in [1.29, 1.82) is 0 Å². The van der Waals surface area contributed by atoms with Crippen molar-refractivity contribution in [2.75, 3.05) is 0 Å². The molecule has 0 saturated heterocycles. The van der Waals surface area contributed by atoms with Crippen molar-refractivity contribution in [3.8, 4) is 23.0 Å². The number of fused-ring (bicyclic) bond motifs is 4. The van der Waals surface area contributed by atoms with Crippen LogP contribution in [0.4, 0.5) is 0 Å². The van der Waals surface area contributed by atoms with Gasteiger partial charge in [0.05, 0.1) is 0 Å². The van der Waals surface area contributed by atoms with Crippen molar-refractivity contribution >= 4 is 15.6 Å². The molecule has 8 nitrogen and oxygen atoms in total. The predicted octanol–water partition coefficient (Wildman–Crippen LogP) is 9.42. The van der Waals surface area contributed by atoms with E-state index in [9.17, 15) is 18.9 Å². The molecular weight excluding hydrogens is 917 g/mol. The Bertz CT molecular complexity index is 2320. The average Bonchev–Trinajstić information content (AvgIpc) is 3.08. The van der Waals surface area contributed by atoms with Crippen molar-refractivity contribution < 1.29 is 85.4 Å². The SMILES string of the molecule is CC(C)(C)c1cc2c(c(C(C)(C)C)c1)OP(=O)([O-])Oc1c(cc(C(C)(C)C)cc1C(C)(C)C)C2.CC(C)(C)c1cc2c(c(C(C)(C)C)c1)OP(=O)([O-])Oc1c(cc(C(C)(C)C)cc1C(C)(C)C)C2.[Li+].[Na+]. The van der Waals surface area contributed by atoms with Gasteiger partial charge in [0.25, 0.3) is 0 Å². The second-order valence-corrected chi connectivity index (χ2v) is 30.2. The van der Waals surface area contributed by atoms with E-state index in [-0.39, 0.29) is 91.7 Å². The number of rotatable bonds is 0. The van der Waals surface area contributed by atoms with Gasteiger partial charge in [-0.05, 0) is 87.8 Å². The van der Waals surface area contributed by atoms with Crippen LogP contribution in [0.25, 0.3) is 0 Å². The van der Waals surface area contributed by atoms with Gasteiger partial charge in [-0.2, -0.15) is 0 Å². The molecule has 0 fully saturated rings. The first-order chi connectivity index (χ1) is 30.2. The summed E-state index contributed by atoms with van der Waals surface area (Å²) in [6.07, 6.45) is 1.06. The Morgan fingerprint density at radius 2 is 0.486 bits per heavy atom. The topological polar surface area (TPSA) is 117 Å². The van der Waals surface area contributed by atoms with Gasteiger partial charge >= 0.3 is 64.1 Å². The monoisotopic (exact) mass is 1000 g/mol. The largest absolute Gasteiger partial charge is 1.00 e. The van der Waals surface area contributed by atoms with Crippen molar-refractivity contribution in [3.63, 3.8) is 0 Å². The minimum Gasteiger partial charge on any atom is -0.736 e. The average molecular weight is 1000 g/mol. The Morgan fingerprint density at radius 3 is 0.614 bits per heavy atom. The quantitative estimate of drug-likeness (QED) is 0.126. The van der Waals surface area contributed by atoms with Gasteiger partial charge in [-0.15, -0.1) is 0 Å². The molecule has 0 saturated carbocycles. The molecule has 2 heterocycles. The van der Waals surface area contributed by atoms with E-state index in [1.54, 1.807) is 0 Å². The first-order valence-corrected chi connectivity index (χ1v) is 27.2. The van der Waals surface area contributed by atoms with Gasteiger partial charge in [-0.25, -0.2) is 9.13 Å². The molecule has 4 aromatic rings. The maximum Gasteiger partial charge on any atom is 1.00 e. The fraction of sp³-hybridized carbons (Fsp3) is 0.586. The van der Waals surface area contributed by atoms with Crippen LogP contribution < -0.4 is 76.3 Å². The minimum absolute atomic E-state index is 0. The van der Waals surface area contributed by atoms with Crippen molar-refractivity contribution in [2.45, 2.75) is 222 Å². The van der Waals surface area contributed by atoms with E-state index in [0.717, 1.165) is 66.8 Å². The molecule has 4 aromatic carbocycles. The number of benzene rings is 4. The second-order valence-electron chi connectivity index (χ2n) is 27.7. The molecule has 70 heavy (non-hydrogen) atoms. The van der Waals surface area contributed by atoms with Crippen LogP contribution in [-0.2, 0) is 65.3 Å². The molecule has 0 spiro atoms.